The van der Waals surface area contributed by atoms with Crippen molar-refractivity contribution in [3.05, 3.63) is 123 Å². The average molecular weight is 672 g/mol. The van der Waals surface area contributed by atoms with E-state index in [1.165, 1.54) is 5.39 Å². The zero-order valence-electron chi connectivity index (χ0n) is 26.3. The maximum Gasteiger partial charge on any atom is 0.245 e. The number of carbonyl (C=O) groups is 3. The molecule has 0 saturated carbocycles. The van der Waals surface area contributed by atoms with Crippen molar-refractivity contribution in [1.29, 1.82) is 0 Å². The number of benzene rings is 4. The van der Waals surface area contributed by atoms with Gasteiger partial charge >= 0.3 is 0 Å². The Hall–Kier alpha value is -4.17. The van der Waals surface area contributed by atoms with Crippen molar-refractivity contribution in [1.82, 2.24) is 9.80 Å². The van der Waals surface area contributed by atoms with Crippen molar-refractivity contribution in [2.24, 2.45) is 17.4 Å². The molecule has 0 bridgehead atoms. The molecule has 7 nitrogen and oxygen atoms in total. The minimum atomic E-state index is -0.972. The minimum Gasteiger partial charge on any atom is -0.366 e. The van der Waals surface area contributed by atoms with Gasteiger partial charge < -0.3 is 21.3 Å². The first kappa shape index (κ1) is 34.2. The van der Waals surface area contributed by atoms with Gasteiger partial charge in [0.15, 0.2) is 0 Å². The van der Waals surface area contributed by atoms with Gasteiger partial charge in [0.25, 0.3) is 0 Å². The lowest BCUT2D eigenvalue weighted by Gasteiger charge is -2.42. The van der Waals surface area contributed by atoms with Crippen LogP contribution in [0.5, 0.6) is 0 Å². The Balaban J connectivity index is 1.43. The SMILES string of the molecule is NCCCC[C@H]1C(=O)N(CCc2ccc3ccccc3c2)CCN1C(=O)[C@H](Cc1ccc(Cl)cc1Cl)C(=Cc1ccccc1)C(N)=O. The zero-order valence-corrected chi connectivity index (χ0v) is 27.8. The molecule has 244 valence electrons. The summed E-state index contributed by atoms with van der Waals surface area (Å²) < 4.78 is 0. The summed E-state index contributed by atoms with van der Waals surface area (Å²) >= 11 is 12.7. The number of hydrogen-bond donors (Lipinski definition) is 2. The number of amides is 3. The van der Waals surface area contributed by atoms with Crippen molar-refractivity contribution < 1.29 is 14.4 Å². The molecule has 1 saturated heterocycles. The molecule has 0 radical (unpaired) electrons. The van der Waals surface area contributed by atoms with E-state index in [2.05, 4.69) is 30.3 Å². The van der Waals surface area contributed by atoms with E-state index in [1.807, 2.05) is 47.4 Å². The predicted octanol–water partition coefficient (Wildman–Crippen LogP) is 6.29. The lowest BCUT2D eigenvalue weighted by atomic mass is 9.87. The predicted molar refractivity (Wildman–Crippen MR) is 190 cm³/mol. The Bertz CT molecular complexity index is 1760. The van der Waals surface area contributed by atoms with E-state index in [-0.39, 0.29) is 23.8 Å². The first-order chi connectivity index (χ1) is 22.7. The first-order valence-corrected chi connectivity index (χ1v) is 16.8. The lowest BCUT2D eigenvalue weighted by Crippen LogP contribution is -2.60. The zero-order chi connectivity index (χ0) is 33.3. The normalized spacial score (nSPS) is 16.0. The molecule has 0 aliphatic carbocycles. The maximum absolute atomic E-state index is 14.6. The van der Waals surface area contributed by atoms with Crippen LogP contribution in [-0.4, -0.2) is 59.7 Å². The number of nitrogens with zero attached hydrogens (tertiary/aromatic N) is 2. The summed E-state index contributed by atoms with van der Waals surface area (Å²) in [6.07, 6.45) is 4.35. The molecule has 1 heterocycles. The van der Waals surface area contributed by atoms with E-state index in [1.54, 1.807) is 29.2 Å². The van der Waals surface area contributed by atoms with E-state index >= 15 is 0 Å². The third kappa shape index (κ3) is 8.60. The second-order valence-corrected chi connectivity index (χ2v) is 12.8. The molecule has 2 atom stereocenters. The lowest BCUT2D eigenvalue weighted by molar-refractivity contribution is -0.153. The van der Waals surface area contributed by atoms with Crippen LogP contribution < -0.4 is 11.5 Å². The Morgan fingerprint density at radius 2 is 1.64 bits per heavy atom. The van der Waals surface area contributed by atoms with Crippen LogP contribution in [0.1, 0.15) is 36.0 Å². The number of nitrogens with two attached hydrogens (primary N) is 2. The number of hydrogen-bond acceptors (Lipinski definition) is 4. The Labute approximate surface area is 286 Å². The summed E-state index contributed by atoms with van der Waals surface area (Å²) in [6, 6.07) is 28.2. The number of carbonyl (C=O) groups excluding carboxylic acids is 3. The monoisotopic (exact) mass is 670 g/mol. The molecule has 3 amide bonds. The van der Waals surface area contributed by atoms with E-state index in [0.29, 0.717) is 61.1 Å². The summed E-state index contributed by atoms with van der Waals surface area (Å²) in [4.78, 5) is 45.2. The van der Waals surface area contributed by atoms with Crippen LogP contribution in [0.3, 0.4) is 0 Å². The number of primary amides is 1. The highest BCUT2D eigenvalue weighted by Crippen LogP contribution is 2.30. The molecule has 5 rings (SSSR count). The van der Waals surface area contributed by atoms with Gasteiger partial charge in [-0.25, -0.2) is 0 Å². The van der Waals surface area contributed by atoms with Gasteiger partial charge in [-0.3, -0.25) is 14.4 Å². The molecule has 4 N–H and O–H groups in total. The molecule has 1 aliphatic heterocycles. The highest BCUT2D eigenvalue weighted by molar-refractivity contribution is 6.35. The molecule has 9 heteroatoms. The van der Waals surface area contributed by atoms with Crippen LogP contribution in [0.15, 0.2) is 96.6 Å². The summed E-state index contributed by atoms with van der Waals surface area (Å²) in [5.74, 6) is -2.12. The van der Waals surface area contributed by atoms with Crippen LogP contribution in [0.25, 0.3) is 16.8 Å². The van der Waals surface area contributed by atoms with Gasteiger partial charge in [0.05, 0.1) is 5.92 Å². The van der Waals surface area contributed by atoms with Crippen molar-refractivity contribution in [3.8, 4) is 0 Å². The fourth-order valence-corrected chi connectivity index (χ4v) is 6.74. The topological polar surface area (TPSA) is 110 Å². The highest BCUT2D eigenvalue weighted by Gasteiger charge is 2.41. The molecule has 4 aromatic carbocycles. The van der Waals surface area contributed by atoms with Crippen LogP contribution in [0.2, 0.25) is 10.0 Å². The first-order valence-electron chi connectivity index (χ1n) is 16.0. The van der Waals surface area contributed by atoms with Gasteiger partial charge in [-0.2, -0.15) is 0 Å². The van der Waals surface area contributed by atoms with E-state index in [4.69, 9.17) is 34.7 Å². The fourth-order valence-electron chi connectivity index (χ4n) is 6.25. The van der Waals surface area contributed by atoms with Crippen molar-refractivity contribution >= 4 is 57.8 Å². The van der Waals surface area contributed by atoms with Crippen LogP contribution in [0, 0.1) is 5.92 Å². The molecule has 0 unspecified atom stereocenters. The van der Waals surface area contributed by atoms with Gasteiger partial charge in [0, 0.05) is 35.3 Å². The number of rotatable bonds is 13. The Morgan fingerprint density at radius 3 is 2.36 bits per heavy atom. The number of unbranched alkanes of at least 4 members (excludes halogenated alkanes) is 1. The third-order valence-electron chi connectivity index (χ3n) is 8.80. The second-order valence-electron chi connectivity index (χ2n) is 12.0. The van der Waals surface area contributed by atoms with Crippen LogP contribution in [0.4, 0.5) is 0 Å². The number of fused-ring (bicyclic) bond motifs is 1. The molecular weight excluding hydrogens is 631 g/mol. The van der Waals surface area contributed by atoms with Gasteiger partial charge in [-0.1, -0.05) is 102 Å². The molecule has 1 fully saturated rings. The molecule has 0 spiro atoms. The van der Waals surface area contributed by atoms with E-state index in [9.17, 15) is 14.4 Å². The molecule has 4 aromatic rings. The number of halogens is 2. The summed E-state index contributed by atoms with van der Waals surface area (Å²) in [7, 11) is 0. The molecular formula is C38H40Cl2N4O3. The van der Waals surface area contributed by atoms with Crippen LogP contribution in [-0.2, 0) is 27.2 Å². The largest absolute Gasteiger partial charge is 0.366 e. The fraction of sp³-hybridized carbons (Fsp3) is 0.289. The Kier molecular flexibility index (Phi) is 11.7. The molecule has 47 heavy (non-hydrogen) atoms. The van der Waals surface area contributed by atoms with Gasteiger partial charge in [0.1, 0.15) is 6.04 Å². The van der Waals surface area contributed by atoms with E-state index < -0.39 is 17.9 Å². The van der Waals surface area contributed by atoms with Gasteiger partial charge in [0.2, 0.25) is 17.7 Å². The minimum absolute atomic E-state index is 0.0988. The number of piperazine rings is 1. The highest BCUT2D eigenvalue weighted by atomic mass is 35.5. The van der Waals surface area contributed by atoms with Gasteiger partial charge in [-0.05, 0) is 84.3 Å². The maximum atomic E-state index is 14.6. The standard InChI is InChI=1S/C38H40Cl2N4O3/c39-31-16-15-30(34(40)25-31)24-33(32(36(42)45)23-26-8-2-1-3-9-26)37(46)44-21-20-43(38(47)35(44)12-6-7-18-41)19-17-27-13-14-28-10-4-5-11-29(28)22-27/h1-5,8-11,13-16,22-23,25,33,35H,6-7,12,17-21,24,41H2,(H2,42,45)/t33-,35+/m1/s1. The molecule has 1 aliphatic rings. The van der Waals surface area contributed by atoms with E-state index in [0.717, 1.165) is 22.9 Å². The second kappa shape index (κ2) is 16.1. The van der Waals surface area contributed by atoms with Crippen LogP contribution >= 0.6 is 23.2 Å². The summed E-state index contributed by atoms with van der Waals surface area (Å²) in [6.45, 7) is 1.74. The smallest absolute Gasteiger partial charge is 0.245 e. The van der Waals surface area contributed by atoms with Crippen molar-refractivity contribution in [3.63, 3.8) is 0 Å². The average Bonchev–Trinajstić information content (AvgIpc) is 3.07. The summed E-state index contributed by atoms with van der Waals surface area (Å²) in [5, 5.41) is 3.17. The molecule has 0 aromatic heterocycles. The van der Waals surface area contributed by atoms with Gasteiger partial charge in [-0.15, -0.1) is 0 Å². The quantitative estimate of drug-likeness (QED) is 0.129. The Morgan fingerprint density at radius 1 is 0.894 bits per heavy atom. The van der Waals surface area contributed by atoms with Crippen molar-refractivity contribution in [2.75, 3.05) is 26.2 Å². The third-order valence-corrected chi connectivity index (χ3v) is 9.39. The summed E-state index contributed by atoms with van der Waals surface area (Å²) in [5.41, 5.74) is 14.4. The van der Waals surface area contributed by atoms with Crippen molar-refractivity contribution in [2.45, 2.75) is 38.1 Å².